The van der Waals surface area contributed by atoms with E-state index >= 15 is 0 Å². The summed E-state index contributed by atoms with van der Waals surface area (Å²) in [5, 5.41) is 12.7. The zero-order valence-corrected chi connectivity index (χ0v) is 11.9. The van der Waals surface area contributed by atoms with E-state index in [2.05, 4.69) is 42.7 Å². The third kappa shape index (κ3) is 5.93. The van der Waals surface area contributed by atoms with Gasteiger partial charge in [-0.2, -0.15) is 0 Å². The maximum absolute atomic E-state index is 5.55. The molecule has 0 radical (unpaired) electrons. The fraction of sp³-hybridized carbons (Fsp3) is 0.692. The lowest BCUT2D eigenvalue weighted by atomic mass is 9.94. The first-order valence-electron chi connectivity index (χ1n) is 6.30. The molecule has 0 aliphatic carbocycles. The molecule has 1 atom stereocenters. The van der Waals surface area contributed by atoms with Crippen molar-refractivity contribution in [1.29, 1.82) is 0 Å². The van der Waals surface area contributed by atoms with Gasteiger partial charge in [0.25, 0.3) is 0 Å². The van der Waals surface area contributed by atoms with Crippen LogP contribution in [0, 0.1) is 0 Å². The maximum atomic E-state index is 5.55. The Hall–Kier alpha value is -1.20. The van der Waals surface area contributed by atoms with E-state index in [0.29, 0.717) is 6.61 Å². The average molecular weight is 254 g/mol. The minimum absolute atomic E-state index is 0.131. The minimum Gasteiger partial charge on any atom is -0.380 e. The molecule has 0 aromatic heterocycles. The van der Waals surface area contributed by atoms with Crippen molar-refractivity contribution < 1.29 is 4.74 Å². The molecular formula is C13H26N4O. The summed E-state index contributed by atoms with van der Waals surface area (Å²) < 4.78 is 5.55. The Balaban J connectivity index is 4.33. The van der Waals surface area contributed by atoms with Gasteiger partial charge in [-0.15, -0.1) is 5.11 Å². The molecule has 0 aliphatic heterocycles. The van der Waals surface area contributed by atoms with E-state index in [4.69, 9.17) is 4.74 Å². The van der Waals surface area contributed by atoms with Gasteiger partial charge in [0.1, 0.15) is 0 Å². The molecular weight excluding hydrogens is 228 g/mol. The molecule has 5 heteroatoms. The number of hydrogen-bond donors (Lipinski definition) is 1. The topological polar surface area (TPSA) is 49.2 Å². The van der Waals surface area contributed by atoms with Gasteiger partial charge in [0, 0.05) is 25.6 Å². The van der Waals surface area contributed by atoms with E-state index in [0.717, 1.165) is 26.0 Å². The molecule has 0 saturated heterocycles. The lowest BCUT2D eigenvalue weighted by Gasteiger charge is -2.35. The van der Waals surface area contributed by atoms with Gasteiger partial charge >= 0.3 is 0 Å². The highest BCUT2D eigenvalue weighted by Crippen LogP contribution is 2.24. The van der Waals surface area contributed by atoms with Gasteiger partial charge in [-0.25, -0.2) is 5.01 Å². The molecule has 18 heavy (non-hydrogen) atoms. The summed E-state index contributed by atoms with van der Waals surface area (Å²) in [5.41, 5.74) is -0.131. The number of nitrogens with zero attached hydrogens (tertiary/aromatic N) is 3. The number of hydrogen-bond acceptors (Lipinski definition) is 4. The van der Waals surface area contributed by atoms with Gasteiger partial charge in [-0.05, 0) is 26.8 Å². The van der Waals surface area contributed by atoms with E-state index in [1.165, 1.54) is 6.20 Å². The fourth-order valence-electron chi connectivity index (χ4n) is 1.48. The summed E-state index contributed by atoms with van der Waals surface area (Å²) in [7, 11) is 1.91. The van der Waals surface area contributed by atoms with Crippen LogP contribution in [0.2, 0.25) is 0 Å². The van der Waals surface area contributed by atoms with Crippen LogP contribution < -0.4 is 5.32 Å². The molecule has 0 aromatic carbocycles. The van der Waals surface area contributed by atoms with Gasteiger partial charge in [-0.1, -0.05) is 25.3 Å². The Bertz CT molecular complexity index is 268. The van der Waals surface area contributed by atoms with Crippen LogP contribution in [-0.4, -0.2) is 37.4 Å². The van der Waals surface area contributed by atoms with Crippen LogP contribution in [0.5, 0.6) is 0 Å². The third-order valence-corrected chi connectivity index (χ3v) is 3.00. The number of rotatable bonds is 11. The average Bonchev–Trinajstić information content (AvgIpc) is 2.39. The van der Waals surface area contributed by atoms with Crippen LogP contribution in [0.4, 0.5) is 0 Å². The van der Waals surface area contributed by atoms with Crippen molar-refractivity contribution in [2.75, 3.05) is 26.8 Å². The summed E-state index contributed by atoms with van der Waals surface area (Å²) in [6, 6.07) is 0. The molecule has 1 unspecified atom stereocenters. The van der Waals surface area contributed by atoms with Crippen molar-refractivity contribution in [1.82, 2.24) is 10.3 Å². The predicted octanol–water partition coefficient (Wildman–Crippen LogP) is 2.74. The van der Waals surface area contributed by atoms with E-state index in [9.17, 15) is 0 Å². The molecule has 0 saturated carbocycles. The van der Waals surface area contributed by atoms with E-state index in [-0.39, 0.29) is 5.54 Å². The molecule has 0 amide bonds. The predicted molar refractivity (Wildman–Crippen MR) is 75.1 cm³/mol. The zero-order chi connectivity index (χ0) is 13.9. The monoisotopic (exact) mass is 254 g/mol. The molecule has 0 fully saturated rings. The van der Waals surface area contributed by atoms with Crippen molar-refractivity contribution in [3.8, 4) is 0 Å². The number of nitrogens with one attached hydrogen (secondary N) is 1. The summed E-state index contributed by atoms with van der Waals surface area (Å²) in [6.07, 6.45) is 4.90. The smallest absolute Gasteiger partial charge is 0.0635 e. The largest absolute Gasteiger partial charge is 0.380 e. The molecule has 0 aromatic rings. The van der Waals surface area contributed by atoms with E-state index < -0.39 is 0 Å². The van der Waals surface area contributed by atoms with Gasteiger partial charge in [0.05, 0.1) is 12.1 Å². The third-order valence-electron chi connectivity index (χ3n) is 3.00. The lowest BCUT2D eigenvalue weighted by Crippen LogP contribution is -2.40. The Morgan fingerprint density at radius 1 is 1.39 bits per heavy atom. The Morgan fingerprint density at radius 2 is 2.11 bits per heavy atom. The second-order valence-electron chi connectivity index (χ2n) is 4.23. The Labute approximate surface area is 111 Å². The first kappa shape index (κ1) is 16.8. The molecule has 0 rings (SSSR count). The molecule has 104 valence electrons. The quantitative estimate of drug-likeness (QED) is 0.350. The first-order chi connectivity index (χ1) is 8.64. The van der Waals surface area contributed by atoms with Crippen LogP contribution in [0.15, 0.2) is 35.9 Å². The zero-order valence-electron chi connectivity index (χ0n) is 11.9. The maximum Gasteiger partial charge on any atom is 0.0635 e. The summed E-state index contributed by atoms with van der Waals surface area (Å²) in [4.78, 5) is 0. The molecule has 0 heterocycles. The van der Waals surface area contributed by atoms with E-state index in [1.54, 1.807) is 11.2 Å². The Morgan fingerprint density at radius 3 is 2.61 bits per heavy atom. The highest BCUT2D eigenvalue weighted by atomic mass is 16.5. The summed E-state index contributed by atoms with van der Waals surface area (Å²) in [5.74, 6) is 0. The van der Waals surface area contributed by atoms with Crippen molar-refractivity contribution in [3.05, 3.63) is 25.6 Å². The second kappa shape index (κ2) is 9.79. The van der Waals surface area contributed by atoms with Crippen LogP contribution in [-0.2, 0) is 4.74 Å². The lowest BCUT2D eigenvalue weighted by molar-refractivity contribution is 0.0703. The molecule has 5 nitrogen and oxygen atoms in total. The van der Waals surface area contributed by atoms with Gasteiger partial charge in [0.15, 0.2) is 0 Å². The Kier molecular flexibility index (Phi) is 9.14. The van der Waals surface area contributed by atoms with Gasteiger partial charge in [0.2, 0.25) is 0 Å². The van der Waals surface area contributed by atoms with Crippen LogP contribution in [0.1, 0.15) is 26.7 Å². The van der Waals surface area contributed by atoms with Crippen LogP contribution >= 0.6 is 0 Å². The summed E-state index contributed by atoms with van der Waals surface area (Å²) in [6.45, 7) is 13.8. The number of ether oxygens (including phenoxy) is 1. The fourth-order valence-corrected chi connectivity index (χ4v) is 1.48. The SMILES string of the molecule is C=C/N=N\N(C=C)C(C)(CC)CCOCCNC. The van der Waals surface area contributed by atoms with Gasteiger partial charge < -0.3 is 10.1 Å². The minimum atomic E-state index is -0.131. The standard InChI is InChI=1S/C13H26N4O/c1-6-13(4,9-11-18-12-10-14-5)17(8-3)16-15-7-2/h7-8,14H,2-3,6,9-12H2,1,4-5H3/b16-15-. The van der Waals surface area contributed by atoms with Crippen molar-refractivity contribution >= 4 is 0 Å². The van der Waals surface area contributed by atoms with Crippen molar-refractivity contribution in [2.24, 2.45) is 10.3 Å². The molecule has 0 aliphatic rings. The molecule has 1 N–H and O–H groups in total. The number of likely N-dealkylation sites (N-methyl/N-ethyl adjacent to an activating group) is 1. The van der Waals surface area contributed by atoms with Gasteiger partial charge in [-0.3, -0.25) is 0 Å². The highest BCUT2D eigenvalue weighted by molar-refractivity contribution is 4.88. The normalized spacial score (nSPS) is 14.4. The van der Waals surface area contributed by atoms with Crippen molar-refractivity contribution in [2.45, 2.75) is 32.2 Å². The molecule has 0 spiro atoms. The van der Waals surface area contributed by atoms with Crippen molar-refractivity contribution in [3.63, 3.8) is 0 Å². The van der Waals surface area contributed by atoms with Crippen LogP contribution in [0.25, 0.3) is 0 Å². The first-order valence-corrected chi connectivity index (χ1v) is 6.30. The highest BCUT2D eigenvalue weighted by Gasteiger charge is 2.28. The summed E-state index contributed by atoms with van der Waals surface area (Å²) >= 11 is 0. The molecule has 0 bridgehead atoms. The van der Waals surface area contributed by atoms with E-state index in [1.807, 2.05) is 7.05 Å². The second-order valence-corrected chi connectivity index (χ2v) is 4.23. The van der Waals surface area contributed by atoms with Crippen LogP contribution in [0.3, 0.4) is 0 Å².